The summed E-state index contributed by atoms with van der Waals surface area (Å²) >= 11 is -20.9. The van der Waals surface area contributed by atoms with Gasteiger partial charge in [0.1, 0.15) is 42.7 Å². The van der Waals surface area contributed by atoms with E-state index in [-0.39, 0.29) is 0 Å². The molecule has 1 aliphatic carbocycles. The van der Waals surface area contributed by atoms with Crippen LogP contribution in [0.15, 0.2) is 0 Å². The SMILES string of the molecule is O=S(O)OC[C@H]1C[C@@H](OC[C@@H](OS(=O)O)[C@@H](OS(=O)(=O)O)[C@H](OS(=O)O)[C@@H](COS(=O)(=O)O)OS(=O)O)[C@H](OS(=O)(=O)O)[C@@H](OS(=O)O)[C@@H]1OS(=O)O. The van der Waals surface area contributed by atoms with E-state index in [9.17, 15) is 82.4 Å². The third-order valence-electron chi connectivity index (χ3n) is 5.77. The predicted octanol–water partition coefficient (Wildman–Crippen LogP) is -4.65. The Morgan fingerprint density at radius 3 is 1.47 bits per heavy atom. The number of hydrogen-bond acceptors (Lipinski definition) is 22. The van der Waals surface area contributed by atoms with Crippen molar-refractivity contribution in [2.45, 2.75) is 55.3 Å². The molecule has 53 heavy (non-hydrogen) atoms. The molecule has 0 saturated heterocycles. The van der Waals surface area contributed by atoms with Crippen molar-refractivity contribution in [1.29, 1.82) is 0 Å². The zero-order valence-electron chi connectivity index (χ0n) is 24.7. The molecule has 1 rings (SSSR count). The van der Waals surface area contributed by atoms with E-state index < -0.39 is 180 Å². The van der Waals surface area contributed by atoms with Crippen molar-refractivity contribution in [3.63, 3.8) is 0 Å². The molecule has 1 fully saturated rings. The van der Waals surface area contributed by atoms with Gasteiger partial charge in [0, 0.05) is 5.92 Å². The van der Waals surface area contributed by atoms with Gasteiger partial charge < -0.3 is 4.74 Å². The number of hydrogen-bond donors (Lipinski definition) is 9. The van der Waals surface area contributed by atoms with Gasteiger partial charge in [0.05, 0.1) is 25.9 Å². The molecular weight excluding hydrogens is 941 g/mol. The van der Waals surface area contributed by atoms with Crippen LogP contribution in [0.25, 0.3) is 0 Å². The van der Waals surface area contributed by atoms with Crippen molar-refractivity contribution in [3.8, 4) is 0 Å². The maximum absolute atomic E-state index is 11.8. The van der Waals surface area contributed by atoms with Crippen LogP contribution in [0.3, 0.4) is 0 Å². The van der Waals surface area contributed by atoms with Gasteiger partial charge in [-0.3, -0.25) is 66.1 Å². The summed E-state index contributed by atoms with van der Waals surface area (Å²) in [6.45, 7) is -4.44. The maximum Gasteiger partial charge on any atom is 0.397 e. The molecule has 0 bridgehead atoms. The summed E-state index contributed by atoms with van der Waals surface area (Å²) in [5.41, 5.74) is 0. The molecule has 0 aromatic heterocycles. The zero-order valence-corrected chi connectivity index (χ0v) is 32.1. The summed E-state index contributed by atoms with van der Waals surface area (Å²) in [6, 6.07) is 0. The minimum Gasteiger partial charge on any atom is -0.372 e. The van der Waals surface area contributed by atoms with E-state index in [1.165, 1.54) is 0 Å². The molecule has 0 radical (unpaired) electrons. The van der Waals surface area contributed by atoms with Gasteiger partial charge in [-0.05, 0) is 6.42 Å². The summed E-state index contributed by atoms with van der Waals surface area (Å²) in [6.07, 6.45) is -21.8. The molecule has 31 nitrogen and oxygen atoms in total. The van der Waals surface area contributed by atoms with Crippen molar-refractivity contribution >= 4 is 99.4 Å². The molecule has 1 saturated carbocycles. The predicted molar refractivity (Wildman–Crippen MR) is 163 cm³/mol. The molecule has 9 N–H and O–H groups in total. The van der Waals surface area contributed by atoms with Gasteiger partial charge in [0.25, 0.3) is 0 Å². The highest BCUT2D eigenvalue weighted by Gasteiger charge is 2.53. The average molecular weight is 967 g/mol. The molecule has 40 heteroatoms. The van der Waals surface area contributed by atoms with Crippen molar-refractivity contribution in [3.05, 3.63) is 0 Å². The second kappa shape index (κ2) is 22.8. The Kier molecular flexibility index (Phi) is 21.9. The molecule has 0 spiro atoms. The van der Waals surface area contributed by atoms with E-state index in [1.54, 1.807) is 0 Å². The largest absolute Gasteiger partial charge is 0.397 e. The third kappa shape index (κ3) is 21.4. The van der Waals surface area contributed by atoms with E-state index in [2.05, 4.69) is 37.6 Å². The highest BCUT2D eigenvalue weighted by Crippen LogP contribution is 2.36. The summed E-state index contributed by atoms with van der Waals surface area (Å²) in [5, 5.41) is 0. The monoisotopic (exact) mass is 966 g/mol. The lowest BCUT2D eigenvalue weighted by molar-refractivity contribution is -0.166. The number of ether oxygens (including phenoxy) is 1. The molecule has 0 amide bonds. The first-order valence-electron chi connectivity index (χ1n) is 12.3. The van der Waals surface area contributed by atoms with Crippen LogP contribution in [0.4, 0.5) is 0 Å². The first-order valence-corrected chi connectivity index (χ1v) is 22.6. The average Bonchev–Trinajstić information content (AvgIpc) is 2.94. The fraction of sp³-hybridized carbons (Fsp3) is 1.00. The smallest absolute Gasteiger partial charge is 0.372 e. The van der Waals surface area contributed by atoms with Gasteiger partial charge in [-0.2, -0.15) is 50.5 Å². The molecule has 0 aromatic carbocycles. The topological polar surface area (TPSA) is 479 Å². The lowest BCUT2D eigenvalue weighted by atomic mass is 9.81. The Morgan fingerprint density at radius 2 is 1.06 bits per heavy atom. The quantitative estimate of drug-likeness (QED) is 0.0291. The Morgan fingerprint density at radius 1 is 0.566 bits per heavy atom. The minimum atomic E-state index is -5.97. The van der Waals surface area contributed by atoms with Crippen LogP contribution in [0.2, 0.25) is 0 Å². The molecule has 15 atom stereocenters. The fourth-order valence-electron chi connectivity index (χ4n) is 4.22. The van der Waals surface area contributed by atoms with Gasteiger partial charge in [0.15, 0.2) is 0 Å². The van der Waals surface area contributed by atoms with Crippen molar-refractivity contribution in [2.24, 2.45) is 5.92 Å². The van der Waals surface area contributed by atoms with Crippen LogP contribution in [-0.4, -0.2) is 160 Å². The van der Waals surface area contributed by atoms with Crippen LogP contribution < -0.4 is 0 Å². The molecule has 0 heterocycles. The van der Waals surface area contributed by atoms with E-state index in [4.69, 9.17) is 13.8 Å². The molecule has 0 aromatic rings. The second-order valence-corrected chi connectivity index (χ2v) is 16.1. The Bertz CT molecular complexity index is 1660. The van der Waals surface area contributed by atoms with E-state index in [1.807, 2.05) is 0 Å². The molecule has 0 aliphatic heterocycles. The molecule has 318 valence electrons. The summed E-state index contributed by atoms with van der Waals surface area (Å²) in [5.74, 6) is -1.68. The molecular formula is C13H26O31S9. The lowest BCUT2D eigenvalue weighted by Crippen LogP contribution is -2.60. The van der Waals surface area contributed by atoms with Gasteiger partial charge in [-0.15, -0.1) is 0 Å². The first-order chi connectivity index (χ1) is 24.1. The Hall–Kier alpha value is -0.0100. The van der Waals surface area contributed by atoms with E-state index in [0.717, 1.165) is 0 Å². The first kappa shape index (κ1) is 51.0. The summed E-state index contributed by atoms with van der Waals surface area (Å²) in [7, 11) is -17.2. The fourth-order valence-corrected chi connectivity index (χ4v) is 7.89. The van der Waals surface area contributed by atoms with Gasteiger partial charge in [-0.25, -0.2) is 12.5 Å². The van der Waals surface area contributed by atoms with Crippen molar-refractivity contribution in [2.75, 3.05) is 19.8 Å². The van der Waals surface area contributed by atoms with Crippen LogP contribution >= 0.6 is 0 Å². The Balaban J connectivity index is 3.93. The summed E-state index contributed by atoms with van der Waals surface area (Å²) in [4.78, 5) is 0. The van der Waals surface area contributed by atoms with Crippen LogP contribution in [0.1, 0.15) is 6.42 Å². The zero-order chi connectivity index (χ0) is 41.1. The number of rotatable bonds is 26. The third-order valence-corrected chi connectivity index (χ3v) is 9.45. The second-order valence-electron chi connectivity index (χ2n) is 9.10. The van der Waals surface area contributed by atoms with Crippen LogP contribution in [0, 0.1) is 5.92 Å². The standard InChI is InChI=1S/C13H26O31S9/c14-45(15)36-2-5-1-6(11(43-52(29,30)31)13(42-50(24)25)9(5)40-48(20)21)35-3-7(38-46(16)17)12(44-53(32,33)34)10(41-49(22)23)8(39-47(18)19)4-37-51(26,27)28/h5-13H,1-4H2,(H,14,15)(H,16,17)(H,18,19)(H,20,21)(H,22,23)(H,24,25)(H,26,27,28)(H,29,30,31)(H,32,33,34)/t5-,6-,7-,8-,9-,10-,11+,12-,13+/m1/s1. The molecule has 6 unspecified atom stereocenters. The van der Waals surface area contributed by atoms with Crippen molar-refractivity contribution in [1.82, 2.24) is 0 Å². The van der Waals surface area contributed by atoms with Crippen LogP contribution in [-0.2, 0) is 142 Å². The van der Waals surface area contributed by atoms with Gasteiger partial charge in [-0.1, -0.05) is 0 Å². The van der Waals surface area contributed by atoms with Gasteiger partial charge >= 0.3 is 99.4 Å². The minimum absolute atomic E-state index is 0.950. The summed E-state index contributed by atoms with van der Waals surface area (Å²) < 4.78 is 267. The van der Waals surface area contributed by atoms with E-state index >= 15 is 0 Å². The maximum atomic E-state index is 11.8. The normalized spacial score (nSPS) is 27.5. The van der Waals surface area contributed by atoms with Crippen LogP contribution in [0.5, 0.6) is 0 Å². The Labute approximate surface area is 312 Å². The van der Waals surface area contributed by atoms with Crippen molar-refractivity contribution < 1.29 is 134 Å². The highest BCUT2D eigenvalue weighted by atomic mass is 32.3. The molecule has 1 aliphatic rings. The lowest BCUT2D eigenvalue weighted by Gasteiger charge is -2.43. The highest BCUT2D eigenvalue weighted by molar-refractivity contribution is 7.81. The van der Waals surface area contributed by atoms with Gasteiger partial charge in [0.2, 0.25) is 0 Å². The van der Waals surface area contributed by atoms with E-state index in [0.29, 0.717) is 0 Å².